The lowest BCUT2D eigenvalue weighted by molar-refractivity contribution is 0.758. The van der Waals surface area contributed by atoms with Crippen LogP contribution in [0.25, 0.3) is 0 Å². The highest BCUT2D eigenvalue weighted by atomic mass is 32.1. The molecule has 0 aliphatic carbocycles. The van der Waals surface area contributed by atoms with E-state index >= 15 is 0 Å². The second kappa shape index (κ2) is 6.40. The van der Waals surface area contributed by atoms with E-state index in [0.717, 1.165) is 18.7 Å². The Hall–Kier alpha value is -1.09. The summed E-state index contributed by atoms with van der Waals surface area (Å²) in [5, 5.41) is 7.04. The van der Waals surface area contributed by atoms with Crippen molar-refractivity contribution in [2.45, 2.75) is 26.7 Å². The second-order valence-electron chi connectivity index (χ2n) is 3.60. The van der Waals surface area contributed by atoms with Crippen molar-refractivity contribution in [1.82, 2.24) is 5.32 Å². The van der Waals surface area contributed by atoms with E-state index in [0.29, 0.717) is 5.11 Å². The molecule has 2 nitrogen and oxygen atoms in total. The van der Waals surface area contributed by atoms with Crippen molar-refractivity contribution in [3.63, 3.8) is 0 Å². The Balaban J connectivity index is 2.37. The molecule has 0 saturated heterocycles. The molecule has 0 aliphatic heterocycles. The molecule has 1 aromatic rings. The third kappa shape index (κ3) is 4.79. The first-order valence-corrected chi connectivity index (χ1v) is 5.74. The fourth-order valence-corrected chi connectivity index (χ4v) is 1.50. The molecule has 0 heterocycles. The molecule has 2 N–H and O–H groups in total. The zero-order valence-corrected chi connectivity index (χ0v) is 10.2. The maximum absolute atomic E-state index is 5.17. The average molecular weight is 222 g/mol. The Morgan fingerprint density at radius 3 is 2.87 bits per heavy atom. The number of hydrogen-bond acceptors (Lipinski definition) is 1. The summed E-state index contributed by atoms with van der Waals surface area (Å²) in [4.78, 5) is 0. The van der Waals surface area contributed by atoms with Gasteiger partial charge in [-0.2, -0.15) is 0 Å². The summed E-state index contributed by atoms with van der Waals surface area (Å²) in [6, 6.07) is 8.18. The summed E-state index contributed by atoms with van der Waals surface area (Å²) in [6.45, 7) is 5.17. The molecule has 0 aliphatic rings. The van der Waals surface area contributed by atoms with Gasteiger partial charge in [0.25, 0.3) is 0 Å². The highest BCUT2D eigenvalue weighted by molar-refractivity contribution is 7.80. The third-order valence-corrected chi connectivity index (χ3v) is 2.34. The molecule has 1 aromatic carbocycles. The van der Waals surface area contributed by atoms with Crippen molar-refractivity contribution >= 4 is 23.0 Å². The van der Waals surface area contributed by atoms with E-state index in [2.05, 4.69) is 36.6 Å². The van der Waals surface area contributed by atoms with Crippen LogP contribution in [0.1, 0.15) is 25.3 Å². The summed E-state index contributed by atoms with van der Waals surface area (Å²) in [5.74, 6) is 0. The molecule has 0 aromatic heterocycles. The summed E-state index contributed by atoms with van der Waals surface area (Å²) < 4.78 is 0. The average Bonchev–Trinajstić information content (AvgIpc) is 2.18. The van der Waals surface area contributed by atoms with Gasteiger partial charge in [-0.15, -0.1) is 0 Å². The van der Waals surface area contributed by atoms with Gasteiger partial charge in [-0.05, 0) is 43.3 Å². The molecule has 3 heteroatoms. The summed E-state index contributed by atoms with van der Waals surface area (Å²) >= 11 is 5.17. The molecule has 0 unspecified atom stereocenters. The summed E-state index contributed by atoms with van der Waals surface area (Å²) in [5.41, 5.74) is 2.28. The molecule has 15 heavy (non-hydrogen) atoms. The van der Waals surface area contributed by atoms with Crippen molar-refractivity contribution in [1.29, 1.82) is 0 Å². The van der Waals surface area contributed by atoms with Crippen LogP contribution in [0.3, 0.4) is 0 Å². The molecule has 0 atom stereocenters. The van der Waals surface area contributed by atoms with E-state index in [9.17, 15) is 0 Å². The number of thiocarbonyl (C=S) groups is 1. The number of aryl methyl sites for hydroxylation is 1. The molecule has 0 radical (unpaired) electrons. The lowest BCUT2D eigenvalue weighted by Crippen LogP contribution is -2.29. The monoisotopic (exact) mass is 222 g/mol. The van der Waals surface area contributed by atoms with Crippen molar-refractivity contribution in [2.24, 2.45) is 0 Å². The number of benzene rings is 1. The minimum absolute atomic E-state index is 0.703. The maximum Gasteiger partial charge on any atom is 0.170 e. The van der Waals surface area contributed by atoms with Crippen LogP contribution in [0.15, 0.2) is 24.3 Å². The highest BCUT2D eigenvalue weighted by Gasteiger charge is 1.96. The number of anilines is 1. The number of unbranched alkanes of at least 4 members (excludes halogenated alkanes) is 1. The molecule has 0 saturated carbocycles. The van der Waals surface area contributed by atoms with E-state index in [4.69, 9.17) is 12.2 Å². The fraction of sp³-hybridized carbons (Fsp3) is 0.417. The Bertz CT molecular complexity index is 323. The molecule has 0 bridgehead atoms. The first-order valence-electron chi connectivity index (χ1n) is 5.34. The van der Waals surface area contributed by atoms with E-state index in [-0.39, 0.29) is 0 Å². The lowest BCUT2D eigenvalue weighted by Gasteiger charge is -2.10. The molecule has 0 fully saturated rings. The van der Waals surface area contributed by atoms with Gasteiger partial charge in [0.15, 0.2) is 5.11 Å². The van der Waals surface area contributed by atoms with Crippen LogP contribution in [0.2, 0.25) is 0 Å². The highest BCUT2D eigenvalue weighted by Crippen LogP contribution is 2.08. The standard InChI is InChI=1S/C12H18N2S/c1-3-4-8-13-12(15)14-11-7-5-6-10(2)9-11/h5-7,9H,3-4,8H2,1-2H3,(H2,13,14,15). The van der Waals surface area contributed by atoms with Crippen LogP contribution >= 0.6 is 12.2 Å². The predicted octanol–water partition coefficient (Wildman–Crippen LogP) is 3.08. The van der Waals surface area contributed by atoms with Gasteiger partial charge in [0, 0.05) is 12.2 Å². The van der Waals surface area contributed by atoms with E-state index in [1.54, 1.807) is 0 Å². The zero-order valence-electron chi connectivity index (χ0n) is 9.34. The summed E-state index contributed by atoms with van der Waals surface area (Å²) in [7, 11) is 0. The Morgan fingerprint density at radius 2 is 2.20 bits per heavy atom. The SMILES string of the molecule is CCCCNC(=S)Nc1cccc(C)c1. The fourth-order valence-electron chi connectivity index (χ4n) is 1.28. The van der Waals surface area contributed by atoms with E-state index in [1.165, 1.54) is 12.0 Å². The quantitative estimate of drug-likeness (QED) is 0.605. The van der Waals surface area contributed by atoms with Crippen LogP contribution in [-0.4, -0.2) is 11.7 Å². The molecule has 0 spiro atoms. The van der Waals surface area contributed by atoms with Crippen molar-refractivity contribution < 1.29 is 0 Å². The van der Waals surface area contributed by atoms with Crippen LogP contribution in [0.5, 0.6) is 0 Å². The van der Waals surface area contributed by atoms with Crippen molar-refractivity contribution in [3.8, 4) is 0 Å². The first-order chi connectivity index (χ1) is 7.22. The summed E-state index contributed by atoms with van der Waals surface area (Å²) in [6.07, 6.45) is 2.33. The lowest BCUT2D eigenvalue weighted by atomic mass is 10.2. The van der Waals surface area contributed by atoms with Gasteiger partial charge in [0.2, 0.25) is 0 Å². The Morgan fingerprint density at radius 1 is 1.40 bits per heavy atom. The van der Waals surface area contributed by atoms with Gasteiger partial charge < -0.3 is 10.6 Å². The maximum atomic E-state index is 5.17. The smallest absolute Gasteiger partial charge is 0.170 e. The van der Waals surface area contributed by atoms with Crippen LogP contribution in [0.4, 0.5) is 5.69 Å². The number of hydrogen-bond donors (Lipinski definition) is 2. The van der Waals surface area contributed by atoms with Crippen LogP contribution in [0, 0.1) is 6.92 Å². The van der Waals surface area contributed by atoms with Crippen LogP contribution < -0.4 is 10.6 Å². The molecular weight excluding hydrogens is 204 g/mol. The van der Waals surface area contributed by atoms with Crippen LogP contribution in [-0.2, 0) is 0 Å². The second-order valence-corrected chi connectivity index (χ2v) is 4.01. The third-order valence-electron chi connectivity index (χ3n) is 2.09. The zero-order chi connectivity index (χ0) is 11.1. The Kier molecular flexibility index (Phi) is 5.12. The van der Waals surface area contributed by atoms with Crippen molar-refractivity contribution in [2.75, 3.05) is 11.9 Å². The predicted molar refractivity (Wildman–Crippen MR) is 70.3 cm³/mol. The normalized spacial score (nSPS) is 9.73. The van der Waals surface area contributed by atoms with Gasteiger partial charge in [0.05, 0.1) is 0 Å². The minimum Gasteiger partial charge on any atom is -0.362 e. The Labute approximate surface area is 97.1 Å². The first kappa shape index (κ1) is 12.0. The van der Waals surface area contributed by atoms with Gasteiger partial charge in [0.1, 0.15) is 0 Å². The molecular formula is C12H18N2S. The van der Waals surface area contributed by atoms with E-state index in [1.807, 2.05) is 12.1 Å². The van der Waals surface area contributed by atoms with Gasteiger partial charge in [-0.3, -0.25) is 0 Å². The largest absolute Gasteiger partial charge is 0.362 e. The molecule has 82 valence electrons. The number of rotatable bonds is 4. The van der Waals surface area contributed by atoms with Gasteiger partial charge in [-0.1, -0.05) is 25.5 Å². The van der Waals surface area contributed by atoms with Crippen molar-refractivity contribution in [3.05, 3.63) is 29.8 Å². The van der Waals surface area contributed by atoms with E-state index < -0.39 is 0 Å². The minimum atomic E-state index is 0.703. The molecule has 1 rings (SSSR count). The topological polar surface area (TPSA) is 24.1 Å². The molecule has 0 amide bonds. The number of nitrogens with one attached hydrogen (secondary N) is 2. The van der Waals surface area contributed by atoms with Gasteiger partial charge in [-0.25, -0.2) is 0 Å². The van der Waals surface area contributed by atoms with Gasteiger partial charge >= 0.3 is 0 Å².